The van der Waals surface area contributed by atoms with Gasteiger partial charge in [0.25, 0.3) is 5.91 Å². The Morgan fingerprint density at radius 2 is 1.98 bits per heavy atom. The predicted molar refractivity (Wildman–Crippen MR) is 152 cm³/mol. The molecule has 0 spiro atoms. The number of methoxy groups -OCH3 is 1. The molecule has 1 atom stereocenters. The summed E-state index contributed by atoms with van der Waals surface area (Å²) in [6.45, 7) is 2.63. The zero-order valence-corrected chi connectivity index (χ0v) is 24.1. The minimum absolute atomic E-state index is 0.0924. The molecule has 1 amide bonds. The van der Waals surface area contributed by atoms with Crippen molar-refractivity contribution in [3.63, 3.8) is 0 Å². The van der Waals surface area contributed by atoms with Gasteiger partial charge < -0.3 is 18.9 Å². The van der Waals surface area contributed by atoms with Crippen LogP contribution in [0.3, 0.4) is 0 Å². The Hall–Kier alpha value is -3.41. The Bertz CT molecular complexity index is 1600. The molecule has 214 valence electrons. The number of aromatic nitrogens is 4. The number of nitrogens with zero attached hydrogens (tertiary/aromatic N) is 5. The summed E-state index contributed by atoms with van der Waals surface area (Å²) < 4.78 is 26.8. The minimum Gasteiger partial charge on any atom is -0.464 e. The van der Waals surface area contributed by atoms with Gasteiger partial charge in [0.2, 0.25) is 0 Å². The first-order chi connectivity index (χ1) is 19.9. The fourth-order valence-corrected chi connectivity index (χ4v) is 6.38. The van der Waals surface area contributed by atoms with Gasteiger partial charge >= 0.3 is 5.97 Å². The molecule has 3 aromatic heterocycles. The molecule has 2 aliphatic rings. The summed E-state index contributed by atoms with van der Waals surface area (Å²) in [5.74, 6) is 0.313. The number of ether oxygens (including phenoxy) is 2. The summed E-state index contributed by atoms with van der Waals surface area (Å²) in [7, 11) is 1.34. The van der Waals surface area contributed by atoms with E-state index in [1.54, 1.807) is 30.5 Å². The van der Waals surface area contributed by atoms with Gasteiger partial charge in [-0.1, -0.05) is 17.7 Å². The second kappa shape index (κ2) is 11.8. The molecule has 2 aliphatic heterocycles. The normalized spacial score (nSPS) is 17.5. The molecule has 12 heteroatoms. The van der Waals surface area contributed by atoms with Crippen molar-refractivity contribution < 1.29 is 23.5 Å². The highest BCUT2D eigenvalue weighted by molar-refractivity contribution is 7.13. The zero-order valence-electron chi connectivity index (χ0n) is 22.5. The Morgan fingerprint density at radius 1 is 1.17 bits per heavy atom. The summed E-state index contributed by atoms with van der Waals surface area (Å²) >= 11 is 7.16. The molecule has 0 bridgehead atoms. The number of carbonyl (C=O) groups is 2. The van der Waals surface area contributed by atoms with Crippen LogP contribution in [0.5, 0.6) is 0 Å². The first-order valence-electron chi connectivity index (χ1n) is 13.6. The van der Waals surface area contributed by atoms with Crippen molar-refractivity contribution in [3.05, 3.63) is 74.3 Å². The van der Waals surface area contributed by atoms with Gasteiger partial charge in [-0.15, -0.1) is 11.3 Å². The molecule has 9 nitrogen and oxygen atoms in total. The van der Waals surface area contributed by atoms with E-state index < -0.39 is 5.97 Å². The van der Waals surface area contributed by atoms with Crippen molar-refractivity contribution in [3.8, 4) is 0 Å². The monoisotopic (exact) mass is 597 g/mol. The highest BCUT2D eigenvalue weighted by atomic mass is 35.5. The molecule has 1 aromatic carbocycles. The van der Waals surface area contributed by atoms with Crippen LogP contribution in [0.15, 0.2) is 36.5 Å². The molecule has 4 aromatic rings. The lowest BCUT2D eigenvalue weighted by atomic mass is 9.93. The summed E-state index contributed by atoms with van der Waals surface area (Å²) in [5.41, 5.74) is 2.16. The third-order valence-electron chi connectivity index (χ3n) is 7.73. The molecule has 0 N–H and O–H groups in total. The van der Waals surface area contributed by atoms with Gasteiger partial charge in [0.1, 0.15) is 17.2 Å². The lowest BCUT2D eigenvalue weighted by Crippen LogP contribution is -2.39. The number of halogens is 2. The van der Waals surface area contributed by atoms with Crippen molar-refractivity contribution in [2.45, 2.75) is 44.8 Å². The third-order valence-corrected chi connectivity index (χ3v) is 8.96. The summed E-state index contributed by atoms with van der Waals surface area (Å²) in [4.78, 5) is 41.7. The molecule has 2 saturated heterocycles. The molecular formula is C29H29ClFN5O4S. The predicted octanol–water partition coefficient (Wildman–Crippen LogP) is 4.94. The number of likely N-dealkylation sites (tertiary alicyclic amines) is 1. The number of imidazole rings is 1. The second-order valence-electron chi connectivity index (χ2n) is 10.4. The largest absolute Gasteiger partial charge is 0.464 e. The molecule has 0 aliphatic carbocycles. The smallest absolute Gasteiger partial charge is 0.356 e. The van der Waals surface area contributed by atoms with Crippen molar-refractivity contribution in [1.82, 2.24) is 24.4 Å². The second-order valence-corrected chi connectivity index (χ2v) is 12.0. The number of amides is 1. The average molecular weight is 598 g/mol. The molecule has 0 saturated carbocycles. The molecule has 2 fully saturated rings. The number of rotatable bonds is 8. The Morgan fingerprint density at radius 3 is 2.68 bits per heavy atom. The number of hydrogen-bond acceptors (Lipinski definition) is 8. The van der Waals surface area contributed by atoms with E-state index in [4.69, 9.17) is 26.1 Å². The van der Waals surface area contributed by atoms with Crippen molar-refractivity contribution in [2.24, 2.45) is 5.92 Å². The number of hydrogen-bond donors (Lipinski definition) is 0. The highest BCUT2D eigenvalue weighted by Gasteiger charge is 2.29. The lowest BCUT2D eigenvalue weighted by molar-refractivity contribution is -0.0591. The van der Waals surface area contributed by atoms with Crippen LogP contribution >= 0.6 is 22.9 Å². The number of fused-ring (bicyclic) bond motifs is 1. The topological polar surface area (TPSA) is 99.4 Å². The van der Waals surface area contributed by atoms with Gasteiger partial charge in [-0.2, -0.15) is 0 Å². The number of pyridine rings is 1. The maximum Gasteiger partial charge on any atom is 0.356 e. The van der Waals surface area contributed by atoms with Crippen LogP contribution in [-0.2, 0) is 28.9 Å². The third kappa shape index (κ3) is 5.98. The van der Waals surface area contributed by atoms with E-state index >= 15 is 0 Å². The van der Waals surface area contributed by atoms with Gasteiger partial charge in [0.15, 0.2) is 16.3 Å². The first kappa shape index (κ1) is 27.7. The Labute approximate surface area is 245 Å². The van der Waals surface area contributed by atoms with E-state index in [2.05, 4.69) is 14.5 Å². The maximum atomic E-state index is 14.2. The molecule has 41 heavy (non-hydrogen) atoms. The highest BCUT2D eigenvalue weighted by Crippen LogP contribution is 2.28. The number of benzene rings is 1. The molecule has 0 unspecified atom stereocenters. The van der Waals surface area contributed by atoms with E-state index in [0.29, 0.717) is 53.2 Å². The van der Waals surface area contributed by atoms with Crippen LogP contribution in [0.25, 0.3) is 11.2 Å². The van der Waals surface area contributed by atoms with Crippen LogP contribution in [0.1, 0.15) is 55.8 Å². The van der Waals surface area contributed by atoms with Crippen molar-refractivity contribution >= 4 is 46.0 Å². The fourth-order valence-electron chi connectivity index (χ4n) is 5.32. The zero-order chi connectivity index (χ0) is 28.5. The lowest BCUT2D eigenvalue weighted by Gasteiger charge is -2.32. The van der Waals surface area contributed by atoms with E-state index in [1.807, 2.05) is 4.90 Å². The van der Waals surface area contributed by atoms with Gasteiger partial charge in [0, 0.05) is 48.6 Å². The number of carbonyl (C=O) groups excluding carboxylic acids is 2. The van der Waals surface area contributed by atoms with Crippen LogP contribution in [0, 0.1) is 11.7 Å². The van der Waals surface area contributed by atoms with Gasteiger partial charge in [-0.05, 0) is 55.0 Å². The standard InChI is InChI=1S/C29H29ClFN5O4S/c1-39-29(38)24-5-4-23-26(34-24)36(16-20-8-11-40-20)25(33-23)12-17-6-9-35(10-7-17)28(37)27-32-15-21(41-27)13-18-2-3-19(30)14-22(18)31/h2-5,14-15,17,20H,6-13,16H2,1H3/t20-/m0/s1. The van der Waals surface area contributed by atoms with Gasteiger partial charge in [-0.3, -0.25) is 4.79 Å². The quantitative estimate of drug-likeness (QED) is 0.265. The number of esters is 1. The Balaban J connectivity index is 1.11. The summed E-state index contributed by atoms with van der Waals surface area (Å²) in [6.07, 6.45) is 5.51. The Kier molecular flexibility index (Phi) is 8.01. The summed E-state index contributed by atoms with van der Waals surface area (Å²) in [6, 6.07) is 8.05. The van der Waals surface area contributed by atoms with Crippen molar-refractivity contribution in [2.75, 3.05) is 26.8 Å². The minimum atomic E-state index is -0.484. The number of piperidine rings is 1. The molecule has 5 heterocycles. The van der Waals surface area contributed by atoms with Crippen LogP contribution < -0.4 is 0 Å². The molecule has 6 rings (SSSR count). The van der Waals surface area contributed by atoms with Crippen LogP contribution in [0.4, 0.5) is 4.39 Å². The van der Waals surface area contributed by atoms with E-state index in [0.717, 1.165) is 48.5 Å². The number of thiazole rings is 1. The van der Waals surface area contributed by atoms with Gasteiger partial charge in [-0.25, -0.2) is 24.1 Å². The first-order valence-corrected chi connectivity index (χ1v) is 14.8. The van der Waals surface area contributed by atoms with E-state index in [9.17, 15) is 14.0 Å². The maximum absolute atomic E-state index is 14.2. The average Bonchev–Trinajstić information content (AvgIpc) is 3.55. The van der Waals surface area contributed by atoms with Gasteiger partial charge in [0.05, 0.1) is 19.8 Å². The van der Waals surface area contributed by atoms with Crippen LogP contribution in [-0.4, -0.2) is 69.2 Å². The molecule has 0 radical (unpaired) electrons. The SMILES string of the molecule is COC(=O)c1ccc2nc(CC3CCN(C(=O)c4ncc(Cc5ccc(Cl)cc5F)s4)CC3)n(C[C@@H]3CCO3)c2n1. The van der Waals surface area contributed by atoms with Crippen LogP contribution in [0.2, 0.25) is 5.02 Å². The van der Waals surface area contributed by atoms with E-state index in [-0.39, 0.29) is 23.5 Å². The van der Waals surface area contributed by atoms with Crippen molar-refractivity contribution in [1.29, 1.82) is 0 Å². The molecular weight excluding hydrogens is 569 g/mol. The van der Waals surface area contributed by atoms with E-state index in [1.165, 1.54) is 24.5 Å². The summed E-state index contributed by atoms with van der Waals surface area (Å²) in [5, 5.41) is 0.770. The fraction of sp³-hybridized carbons (Fsp3) is 0.414.